The first-order chi connectivity index (χ1) is 12.9. The lowest BCUT2D eigenvalue weighted by Gasteiger charge is -2.28. The van der Waals surface area contributed by atoms with Gasteiger partial charge in [0, 0.05) is 26.0 Å². The van der Waals surface area contributed by atoms with Crippen molar-refractivity contribution < 1.29 is 28.5 Å². The van der Waals surface area contributed by atoms with Gasteiger partial charge in [0.15, 0.2) is 23.0 Å². The van der Waals surface area contributed by atoms with E-state index in [4.69, 9.17) is 18.9 Å². The first-order valence-electron chi connectivity index (χ1n) is 7.82. The van der Waals surface area contributed by atoms with E-state index in [0.717, 1.165) is 0 Å². The van der Waals surface area contributed by atoms with Crippen molar-refractivity contribution in [2.75, 3.05) is 14.2 Å². The summed E-state index contributed by atoms with van der Waals surface area (Å²) in [6.45, 7) is 3.42. The van der Waals surface area contributed by atoms with E-state index in [1.54, 1.807) is 50.2 Å². The molecule has 0 aliphatic carbocycles. The lowest BCUT2D eigenvalue weighted by molar-refractivity contribution is -0.0832. The second-order valence-corrected chi connectivity index (χ2v) is 5.68. The van der Waals surface area contributed by atoms with Gasteiger partial charge in [0.2, 0.25) is 17.9 Å². The molecule has 0 atom stereocenters. The molecule has 27 heavy (non-hydrogen) atoms. The molecule has 0 unspecified atom stereocenters. The summed E-state index contributed by atoms with van der Waals surface area (Å²) in [6, 6.07) is 9.49. The minimum atomic E-state index is -1.11. The van der Waals surface area contributed by atoms with Gasteiger partial charge >= 0.3 is 0 Å². The normalized spacial score (nSPS) is 10.2. The van der Waals surface area contributed by atoms with Crippen LogP contribution in [-0.2, 0) is 9.59 Å². The number of hydrogen-bond donors (Lipinski definition) is 0. The molecule has 0 radical (unpaired) electrons. The second kappa shape index (κ2) is 8.67. The minimum absolute atomic E-state index is 0.380. The van der Waals surface area contributed by atoms with Gasteiger partial charge in [0.05, 0.1) is 25.6 Å². The smallest absolute Gasteiger partial charge is 0.246 e. The fourth-order valence-electron chi connectivity index (χ4n) is 2.28. The fraction of sp³-hybridized carbons (Fsp3) is 0.263. The Morgan fingerprint density at radius 1 is 0.741 bits per heavy atom. The van der Waals surface area contributed by atoms with Gasteiger partial charge in [-0.3, -0.25) is 0 Å². The predicted octanol–water partition coefficient (Wildman–Crippen LogP) is 3.83. The van der Waals surface area contributed by atoms with Crippen LogP contribution in [0.25, 0.3) is 0 Å². The van der Waals surface area contributed by atoms with E-state index in [0.29, 0.717) is 34.4 Å². The Labute approximate surface area is 156 Å². The van der Waals surface area contributed by atoms with E-state index in [2.05, 4.69) is 9.98 Å². The van der Waals surface area contributed by atoms with Gasteiger partial charge in [0.1, 0.15) is 0 Å². The standard InChI is InChI=1S/C19H18N2O6/c1-19(2,26-15-7-5-13(20-11-22)9-17(15)24-3)27-16-8-6-14(21-12-23)10-18(16)25-4/h5-10H,1-4H3. The summed E-state index contributed by atoms with van der Waals surface area (Å²) in [4.78, 5) is 27.9. The van der Waals surface area contributed by atoms with Crippen molar-refractivity contribution in [1.82, 2.24) is 0 Å². The average Bonchev–Trinajstić information content (AvgIpc) is 2.64. The highest BCUT2D eigenvalue weighted by atomic mass is 16.7. The number of rotatable bonds is 8. The van der Waals surface area contributed by atoms with E-state index in [-0.39, 0.29) is 0 Å². The number of isocyanates is 2. The molecule has 0 amide bonds. The van der Waals surface area contributed by atoms with Crippen molar-refractivity contribution in [3.8, 4) is 23.0 Å². The molecule has 0 N–H and O–H groups in total. The summed E-state index contributed by atoms with van der Waals surface area (Å²) in [7, 11) is 2.94. The third kappa shape index (κ3) is 5.19. The molecule has 0 aromatic heterocycles. The number of methoxy groups -OCH3 is 2. The first-order valence-corrected chi connectivity index (χ1v) is 7.82. The van der Waals surface area contributed by atoms with Crippen LogP contribution in [0.4, 0.5) is 11.4 Å². The van der Waals surface area contributed by atoms with E-state index < -0.39 is 5.79 Å². The maximum absolute atomic E-state index is 10.4. The van der Waals surface area contributed by atoms with E-state index in [1.807, 2.05) is 0 Å². The first kappa shape index (κ1) is 19.7. The molecule has 0 saturated carbocycles. The number of nitrogens with zero attached hydrogens (tertiary/aromatic N) is 2. The average molecular weight is 370 g/mol. The highest BCUT2D eigenvalue weighted by Gasteiger charge is 2.25. The zero-order valence-electron chi connectivity index (χ0n) is 15.3. The predicted molar refractivity (Wildman–Crippen MR) is 96.9 cm³/mol. The monoisotopic (exact) mass is 370 g/mol. The van der Waals surface area contributed by atoms with Crippen LogP contribution < -0.4 is 18.9 Å². The Morgan fingerprint density at radius 3 is 1.48 bits per heavy atom. The molecule has 2 aromatic carbocycles. The molecule has 0 fully saturated rings. The zero-order valence-corrected chi connectivity index (χ0v) is 15.3. The third-order valence-corrected chi connectivity index (χ3v) is 3.36. The summed E-state index contributed by atoms with van der Waals surface area (Å²) in [5.74, 6) is 0.449. The molecular weight excluding hydrogens is 352 g/mol. The Hall–Kier alpha value is -3.60. The second-order valence-electron chi connectivity index (χ2n) is 5.68. The number of benzene rings is 2. The van der Waals surface area contributed by atoms with E-state index in [9.17, 15) is 9.59 Å². The zero-order chi connectivity index (χ0) is 19.9. The summed E-state index contributed by atoms with van der Waals surface area (Å²) < 4.78 is 22.4. The molecule has 0 aliphatic heterocycles. The van der Waals surface area contributed by atoms with E-state index in [1.165, 1.54) is 26.4 Å². The maximum Gasteiger partial charge on any atom is 0.246 e. The topological polar surface area (TPSA) is 95.8 Å². The van der Waals surface area contributed by atoms with Gasteiger partial charge in [-0.25, -0.2) is 9.59 Å². The van der Waals surface area contributed by atoms with E-state index >= 15 is 0 Å². The molecule has 0 aliphatic rings. The number of aliphatic imine (C=N–C) groups is 2. The van der Waals surface area contributed by atoms with Crippen LogP contribution in [0, 0.1) is 0 Å². The third-order valence-electron chi connectivity index (χ3n) is 3.36. The Kier molecular flexibility index (Phi) is 6.33. The van der Waals surface area contributed by atoms with Crippen molar-refractivity contribution in [2.45, 2.75) is 19.6 Å². The lowest BCUT2D eigenvalue weighted by atomic mass is 10.2. The van der Waals surface area contributed by atoms with Crippen molar-refractivity contribution >= 4 is 23.5 Å². The van der Waals surface area contributed by atoms with Gasteiger partial charge in [-0.05, 0) is 24.3 Å². The van der Waals surface area contributed by atoms with Crippen molar-refractivity contribution in [3.05, 3.63) is 36.4 Å². The van der Waals surface area contributed by atoms with Crippen LogP contribution in [0.3, 0.4) is 0 Å². The van der Waals surface area contributed by atoms with Crippen molar-refractivity contribution in [2.24, 2.45) is 9.98 Å². The summed E-state index contributed by atoms with van der Waals surface area (Å²) >= 11 is 0. The summed E-state index contributed by atoms with van der Waals surface area (Å²) in [6.07, 6.45) is 2.94. The number of ether oxygens (including phenoxy) is 4. The maximum atomic E-state index is 10.4. The summed E-state index contributed by atoms with van der Waals surface area (Å²) in [5, 5.41) is 0. The molecule has 2 rings (SSSR count). The van der Waals surface area contributed by atoms with Gasteiger partial charge < -0.3 is 18.9 Å². The fourth-order valence-corrected chi connectivity index (χ4v) is 2.28. The lowest BCUT2D eigenvalue weighted by Crippen LogP contribution is -2.35. The van der Waals surface area contributed by atoms with Crippen molar-refractivity contribution in [3.63, 3.8) is 0 Å². The van der Waals surface area contributed by atoms with Gasteiger partial charge in [0.25, 0.3) is 0 Å². The highest BCUT2D eigenvalue weighted by Crippen LogP contribution is 2.37. The summed E-state index contributed by atoms with van der Waals surface area (Å²) in [5.41, 5.74) is 0.779. The number of carbonyl (C=O) groups excluding carboxylic acids is 2. The molecule has 8 nitrogen and oxygen atoms in total. The molecule has 2 aromatic rings. The van der Waals surface area contributed by atoms with Crippen molar-refractivity contribution in [1.29, 1.82) is 0 Å². The molecule has 0 heterocycles. The van der Waals surface area contributed by atoms with Crippen LogP contribution in [-0.4, -0.2) is 32.2 Å². The molecule has 8 heteroatoms. The molecule has 0 spiro atoms. The van der Waals surface area contributed by atoms with Crippen LogP contribution in [0.1, 0.15) is 13.8 Å². The van der Waals surface area contributed by atoms with Crippen LogP contribution in [0.5, 0.6) is 23.0 Å². The van der Waals surface area contributed by atoms with Crippen LogP contribution >= 0.6 is 0 Å². The van der Waals surface area contributed by atoms with Crippen LogP contribution in [0.2, 0.25) is 0 Å². The van der Waals surface area contributed by atoms with Gasteiger partial charge in [-0.1, -0.05) is 0 Å². The molecule has 140 valence electrons. The Balaban J connectivity index is 2.27. The molecule has 0 bridgehead atoms. The molecule has 0 saturated heterocycles. The Morgan fingerprint density at radius 2 is 1.15 bits per heavy atom. The van der Waals surface area contributed by atoms with Gasteiger partial charge in [-0.15, -0.1) is 0 Å². The highest BCUT2D eigenvalue weighted by molar-refractivity contribution is 5.57. The minimum Gasteiger partial charge on any atom is -0.493 e. The van der Waals surface area contributed by atoms with Crippen LogP contribution in [0.15, 0.2) is 46.4 Å². The quantitative estimate of drug-likeness (QED) is 0.398. The SMILES string of the molecule is COc1cc(N=C=O)ccc1OC(C)(C)Oc1ccc(N=C=O)cc1OC. The Bertz CT molecular complexity index is 839. The molecular formula is C19H18N2O6. The number of hydrogen-bond acceptors (Lipinski definition) is 8. The van der Waals surface area contributed by atoms with Gasteiger partial charge in [-0.2, -0.15) is 9.98 Å². The largest absolute Gasteiger partial charge is 0.493 e.